The third-order valence-electron chi connectivity index (χ3n) is 13.2. The Kier molecular flexibility index (Phi) is 11.5. The second-order valence-corrected chi connectivity index (χ2v) is 19.0. The molecule has 328 valence electrons. The maximum Gasteiger partial charge on any atom is 0.293 e. The minimum absolute atomic E-state index is 0.0252. The quantitative estimate of drug-likeness (QED) is 0.0738. The zero-order chi connectivity index (χ0) is 43.1. The lowest BCUT2D eigenvalue weighted by molar-refractivity contribution is -0.384. The number of ether oxygens (including phenoxy) is 3. The van der Waals surface area contributed by atoms with Crippen LogP contribution in [0.15, 0.2) is 96.2 Å². The lowest BCUT2D eigenvalue weighted by Gasteiger charge is -2.42. The number of rotatable bonds is 14. The highest BCUT2D eigenvalue weighted by atomic mass is 32.2. The highest BCUT2D eigenvalue weighted by Crippen LogP contribution is 2.47. The van der Waals surface area contributed by atoms with Crippen LogP contribution in [0.2, 0.25) is 0 Å². The minimum Gasteiger partial charge on any atom is -0.455 e. The Bertz CT molecular complexity index is 2680. The third-order valence-corrected chi connectivity index (χ3v) is 14.6. The summed E-state index contributed by atoms with van der Waals surface area (Å²) in [6.45, 7) is 4.68. The van der Waals surface area contributed by atoms with Crippen LogP contribution >= 0.6 is 0 Å². The van der Waals surface area contributed by atoms with E-state index >= 15 is 0 Å². The van der Waals surface area contributed by atoms with Crippen LogP contribution in [0.3, 0.4) is 0 Å². The van der Waals surface area contributed by atoms with Crippen LogP contribution in [0.25, 0.3) is 16.6 Å². The van der Waals surface area contributed by atoms with Gasteiger partial charge in [0.15, 0.2) is 0 Å². The van der Waals surface area contributed by atoms with Crippen molar-refractivity contribution < 1.29 is 32.3 Å². The molecule has 0 radical (unpaired) electrons. The van der Waals surface area contributed by atoms with Crippen molar-refractivity contribution in [1.29, 1.82) is 0 Å². The Labute approximate surface area is 366 Å². The van der Waals surface area contributed by atoms with Crippen LogP contribution in [0, 0.1) is 10.1 Å². The maximum absolute atomic E-state index is 14.0. The molecule has 16 heteroatoms. The largest absolute Gasteiger partial charge is 0.455 e. The Morgan fingerprint density at radius 1 is 0.984 bits per heavy atom. The Hall–Kier alpha value is -5.65. The number of aromatic amines is 1. The standard InChI is InChI=1S/C47H51N7O8S/c55-47(51-63(58,59)38-14-16-42(44(24-38)54(56)57)49-26-37-27-52(20-21-61-37)35-28-60-29-35)41-15-11-32(23-45(41)62-36-22-33-17-18-48-46(33)50-25-36)30-9-12-34(13-10-30)53-19-3-6-43(53)40-5-2-1-4-39(40)31-7-8-31/h1-2,4-5,9,11,14-18,22-25,31,34-35,37,43,49H,3,6-8,10,12-13,19-21,26-29H2,(H,48,50)(H,51,55). The first-order chi connectivity index (χ1) is 30.7. The fourth-order valence-electron chi connectivity index (χ4n) is 9.69. The van der Waals surface area contributed by atoms with E-state index in [4.69, 9.17) is 14.2 Å². The maximum atomic E-state index is 14.0. The van der Waals surface area contributed by atoms with Gasteiger partial charge < -0.3 is 24.5 Å². The van der Waals surface area contributed by atoms with Gasteiger partial charge in [0.05, 0.1) is 53.5 Å². The summed E-state index contributed by atoms with van der Waals surface area (Å²) in [6.07, 6.45) is 13.0. The molecule has 3 atom stereocenters. The SMILES string of the molecule is O=C(NS(=O)(=O)c1ccc(NCC2CN(C3COC3)CCO2)c([N+](=O)[O-])c1)c1ccc(C2=CCC(N3CCCC3c3ccccc3C3CC3)CC2)cc1Oc1cnc2[nH]ccc2c1. The number of hydrogen-bond donors (Lipinski definition) is 3. The topological polar surface area (TPSA) is 181 Å². The van der Waals surface area contributed by atoms with Gasteiger partial charge in [-0.05, 0) is 116 Å². The number of aromatic nitrogens is 2. The van der Waals surface area contributed by atoms with Crippen LogP contribution < -0.4 is 14.8 Å². The van der Waals surface area contributed by atoms with Gasteiger partial charge in [0.25, 0.3) is 21.6 Å². The molecular formula is C47H51N7O8S. The van der Waals surface area contributed by atoms with Gasteiger partial charge in [0.1, 0.15) is 22.8 Å². The zero-order valence-electron chi connectivity index (χ0n) is 34.9. The summed E-state index contributed by atoms with van der Waals surface area (Å²) in [6, 6.07) is 22.5. The summed E-state index contributed by atoms with van der Waals surface area (Å²) >= 11 is 0. The number of fused-ring (bicyclic) bond motifs is 1. The first-order valence-electron chi connectivity index (χ1n) is 22.0. The normalized spacial score (nSPS) is 22.3. The van der Waals surface area contributed by atoms with Crippen LogP contribution in [-0.4, -0.2) is 103 Å². The van der Waals surface area contributed by atoms with Crippen molar-refractivity contribution in [2.45, 2.75) is 80.0 Å². The van der Waals surface area contributed by atoms with E-state index in [1.807, 2.05) is 12.1 Å². The second-order valence-electron chi connectivity index (χ2n) is 17.3. The number of nitrogens with zero attached hydrogens (tertiary/aromatic N) is 4. The van der Waals surface area contributed by atoms with E-state index in [1.165, 1.54) is 55.1 Å². The molecule has 5 aliphatic rings. The number of pyridine rings is 1. The predicted molar refractivity (Wildman–Crippen MR) is 237 cm³/mol. The molecule has 4 fully saturated rings. The number of sulfonamides is 1. The summed E-state index contributed by atoms with van der Waals surface area (Å²) in [7, 11) is -4.58. The number of likely N-dealkylation sites (tertiary alicyclic amines) is 1. The molecule has 0 bridgehead atoms. The van der Waals surface area contributed by atoms with Crippen LogP contribution in [0.1, 0.15) is 84.0 Å². The first-order valence-corrected chi connectivity index (χ1v) is 23.5. The van der Waals surface area contributed by atoms with E-state index < -0.39 is 31.4 Å². The van der Waals surface area contributed by atoms with Crippen molar-refractivity contribution in [3.05, 3.63) is 124 Å². The van der Waals surface area contributed by atoms with Crippen molar-refractivity contribution in [1.82, 2.24) is 24.5 Å². The number of nitro groups is 1. The molecule has 5 aromatic rings. The van der Waals surface area contributed by atoms with E-state index in [0.29, 0.717) is 61.8 Å². The number of amides is 1. The highest BCUT2D eigenvalue weighted by molar-refractivity contribution is 7.90. The van der Waals surface area contributed by atoms with Crippen molar-refractivity contribution in [2.24, 2.45) is 0 Å². The Morgan fingerprint density at radius 3 is 2.62 bits per heavy atom. The fourth-order valence-corrected chi connectivity index (χ4v) is 10.7. The van der Waals surface area contributed by atoms with Gasteiger partial charge in [0, 0.05) is 49.4 Å². The smallest absolute Gasteiger partial charge is 0.293 e. The van der Waals surface area contributed by atoms with E-state index in [-0.39, 0.29) is 29.6 Å². The summed E-state index contributed by atoms with van der Waals surface area (Å²) in [5, 5.41) is 16.1. The average molecular weight is 874 g/mol. The Morgan fingerprint density at radius 2 is 1.84 bits per heavy atom. The van der Waals surface area contributed by atoms with Crippen molar-refractivity contribution in [2.75, 3.05) is 51.3 Å². The van der Waals surface area contributed by atoms with Crippen molar-refractivity contribution >= 4 is 43.9 Å². The van der Waals surface area contributed by atoms with Crippen LogP contribution in [0.5, 0.6) is 11.5 Å². The molecule has 0 spiro atoms. The monoisotopic (exact) mass is 873 g/mol. The number of carbonyl (C=O) groups excluding carboxylic acids is 1. The second kappa shape index (κ2) is 17.5. The van der Waals surface area contributed by atoms with E-state index in [1.54, 1.807) is 24.4 Å². The lowest BCUT2D eigenvalue weighted by atomic mass is 9.88. The van der Waals surface area contributed by atoms with Gasteiger partial charge >= 0.3 is 0 Å². The molecule has 5 heterocycles. The molecule has 3 aliphatic heterocycles. The number of morpholine rings is 1. The molecule has 1 amide bonds. The number of allylic oxidation sites excluding steroid dienone is 1. The van der Waals surface area contributed by atoms with Gasteiger partial charge in [-0.25, -0.2) is 18.1 Å². The molecule has 2 aromatic heterocycles. The van der Waals surface area contributed by atoms with E-state index in [0.717, 1.165) is 54.9 Å². The number of benzene rings is 3. The molecule has 2 aliphatic carbocycles. The lowest BCUT2D eigenvalue weighted by Crippen LogP contribution is -2.56. The van der Waals surface area contributed by atoms with Gasteiger partial charge in [-0.3, -0.25) is 24.7 Å². The third kappa shape index (κ3) is 8.82. The summed E-state index contributed by atoms with van der Waals surface area (Å²) in [4.78, 5) is 37.6. The van der Waals surface area contributed by atoms with E-state index in [2.05, 4.69) is 60.1 Å². The molecule has 3 aromatic carbocycles. The van der Waals surface area contributed by atoms with E-state index in [9.17, 15) is 23.3 Å². The molecule has 10 rings (SSSR count). The van der Waals surface area contributed by atoms with Gasteiger partial charge in [0.2, 0.25) is 0 Å². The first kappa shape index (κ1) is 41.4. The van der Waals surface area contributed by atoms with Crippen LogP contribution in [0.4, 0.5) is 11.4 Å². The number of hydrogen-bond acceptors (Lipinski definition) is 12. The fraction of sp³-hybridized carbons (Fsp3) is 0.404. The van der Waals surface area contributed by atoms with Crippen molar-refractivity contribution in [3.8, 4) is 11.5 Å². The molecule has 3 saturated heterocycles. The summed E-state index contributed by atoms with van der Waals surface area (Å²) in [5.74, 6) is 0.265. The molecular weight excluding hydrogens is 823 g/mol. The number of nitrogens with one attached hydrogen (secondary N) is 3. The average Bonchev–Trinajstić information content (AvgIpc) is 3.81. The van der Waals surface area contributed by atoms with Crippen molar-refractivity contribution in [3.63, 3.8) is 0 Å². The minimum atomic E-state index is -4.58. The number of nitro benzene ring substituents is 1. The molecule has 1 saturated carbocycles. The molecule has 3 N–H and O–H groups in total. The number of H-pyrrole nitrogens is 1. The van der Waals surface area contributed by atoms with Gasteiger partial charge in [-0.15, -0.1) is 0 Å². The molecule has 15 nitrogen and oxygen atoms in total. The Balaban J connectivity index is 0.869. The number of anilines is 1. The number of carbonyl (C=O) groups is 1. The van der Waals surface area contributed by atoms with Crippen LogP contribution in [-0.2, 0) is 19.5 Å². The molecule has 3 unspecified atom stereocenters. The van der Waals surface area contributed by atoms with Gasteiger partial charge in [-0.2, -0.15) is 0 Å². The zero-order valence-corrected chi connectivity index (χ0v) is 35.7. The molecule has 63 heavy (non-hydrogen) atoms. The van der Waals surface area contributed by atoms with Gasteiger partial charge in [-0.1, -0.05) is 36.4 Å². The summed E-state index contributed by atoms with van der Waals surface area (Å²) in [5.41, 5.74) is 5.36. The summed E-state index contributed by atoms with van der Waals surface area (Å²) < 4.78 is 47.2. The predicted octanol–water partition coefficient (Wildman–Crippen LogP) is 7.54. The highest BCUT2D eigenvalue weighted by Gasteiger charge is 2.37.